The van der Waals surface area contributed by atoms with E-state index in [9.17, 15) is 0 Å². The van der Waals surface area contributed by atoms with E-state index in [-0.39, 0.29) is 5.54 Å². The highest BCUT2D eigenvalue weighted by Gasteiger charge is 2.16. The molecule has 5 heteroatoms. The molecule has 2 aromatic heterocycles. The molecule has 5 nitrogen and oxygen atoms in total. The lowest BCUT2D eigenvalue weighted by molar-refractivity contribution is 0.523. The van der Waals surface area contributed by atoms with Crippen molar-refractivity contribution in [1.29, 1.82) is 0 Å². The summed E-state index contributed by atoms with van der Waals surface area (Å²) in [5.74, 6) is 0.760. The van der Waals surface area contributed by atoms with Gasteiger partial charge in [-0.15, -0.1) is 10.2 Å². The fraction of sp³-hybridized carbons (Fsp3) is 0.357. The second-order valence-electron chi connectivity index (χ2n) is 5.09. The summed E-state index contributed by atoms with van der Waals surface area (Å²) < 4.78 is 0. The van der Waals surface area contributed by atoms with Crippen LogP contribution in [-0.2, 0) is 0 Å². The summed E-state index contributed by atoms with van der Waals surface area (Å²) in [5, 5.41) is 11.8. The fourth-order valence-electron chi connectivity index (χ4n) is 1.85. The highest BCUT2D eigenvalue weighted by atomic mass is 15.2. The minimum absolute atomic E-state index is 0.0817. The Morgan fingerprint density at radius 1 is 1.11 bits per heavy atom. The zero-order valence-electron chi connectivity index (χ0n) is 11.3. The molecule has 3 N–H and O–H groups in total. The number of rotatable bonds is 5. The van der Waals surface area contributed by atoms with Crippen LogP contribution in [0.15, 0.2) is 36.7 Å². The topological polar surface area (TPSA) is 76.7 Å². The smallest absolute Gasteiger partial charge is 0.149 e. The normalized spacial score (nSPS) is 11.3. The van der Waals surface area contributed by atoms with Crippen molar-refractivity contribution in [1.82, 2.24) is 15.2 Å². The Balaban J connectivity index is 2.11. The highest BCUT2D eigenvalue weighted by Crippen LogP contribution is 2.18. The quantitative estimate of drug-likeness (QED) is 0.857. The zero-order valence-corrected chi connectivity index (χ0v) is 11.3. The van der Waals surface area contributed by atoms with E-state index in [0.29, 0.717) is 6.54 Å². The molecular weight excluding hydrogens is 238 g/mol. The maximum Gasteiger partial charge on any atom is 0.149 e. The van der Waals surface area contributed by atoms with Gasteiger partial charge >= 0.3 is 0 Å². The number of nitrogens with one attached hydrogen (secondary N) is 1. The molecule has 0 atom stereocenters. The van der Waals surface area contributed by atoms with Gasteiger partial charge in [-0.25, -0.2) is 0 Å². The maximum absolute atomic E-state index is 5.59. The maximum atomic E-state index is 5.59. The Morgan fingerprint density at radius 2 is 1.84 bits per heavy atom. The molecule has 0 saturated carbocycles. The van der Waals surface area contributed by atoms with Crippen molar-refractivity contribution in [2.24, 2.45) is 5.73 Å². The average Bonchev–Trinajstić information content (AvgIpc) is 2.40. The Kier molecular flexibility index (Phi) is 4.06. The van der Waals surface area contributed by atoms with Crippen molar-refractivity contribution in [3.8, 4) is 11.3 Å². The molecule has 0 bridgehead atoms. The third kappa shape index (κ3) is 3.72. The molecule has 0 aliphatic rings. The van der Waals surface area contributed by atoms with Gasteiger partial charge in [-0.05, 0) is 51.1 Å². The average molecular weight is 257 g/mol. The van der Waals surface area contributed by atoms with Crippen LogP contribution >= 0.6 is 0 Å². The first-order valence-corrected chi connectivity index (χ1v) is 6.33. The molecule has 19 heavy (non-hydrogen) atoms. The van der Waals surface area contributed by atoms with Crippen LogP contribution in [0.5, 0.6) is 0 Å². The molecule has 0 aliphatic carbocycles. The van der Waals surface area contributed by atoms with Crippen LogP contribution < -0.4 is 11.1 Å². The fourth-order valence-corrected chi connectivity index (χ4v) is 1.85. The van der Waals surface area contributed by atoms with Crippen molar-refractivity contribution in [3.63, 3.8) is 0 Å². The van der Waals surface area contributed by atoms with E-state index in [1.807, 2.05) is 24.3 Å². The second-order valence-corrected chi connectivity index (χ2v) is 5.09. The van der Waals surface area contributed by atoms with E-state index in [1.165, 1.54) is 0 Å². The second kappa shape index (κ2) is 5.75. The van der Waals surface area contributed by atoms with Crippen LogP contribution in [0.4, 0.5) is 5.82 Å². The summed E-state index contributed by atoms with van der Waals surface area (Å²) in [5.41, 5.74) is 7.35. The number of nitrogens with two attached hydrogens (primary N) is 1. The Labute approximate surface area is 113 Å². The predicted octanol–water partition coefficient (Wildman–Crippen LogP) is 2.08. The molecule has 0 unspecified atom stereocenters. The molecule has 0 fully saturated rings. The predicted molar refractivity (Wildman–Crippen MR) is 76.6 cm³/mol. The van der Waals surface area contributed by atoms with Crippen molar-refractivity contribution >= 4 is 5.82 Å². The highest BCUT2D eigenvalue weighted by molar-refractivity contribution is 5.58. The van der Waals surface area contributed by atoms with Gasteiger partial charge in [0, 0.05) is 23.5 Å². The van der Waals surface area contributed by atoms with Crippen LogP contribution in [0.25, 0.3) is 11.3 Å². The van der Waals surface area contributed by atoms with Crippen LogP contribution in [0.3, 0.4) is 0 Å². The SMILES string of the molecule is CC(C)(CCN)Nc1ccc(-c2ccncc2)nn1. The molecule has 0 saturated heterocycles. The molecular formula is C14H19N5. The third-order valence-corrected chi connectivity index (χ3v) is 2.88. The van der Waals surface area contributed by atoms with Gasteiger partial charge < -0.3 is 11.1 Å². The largest absolute Gasteiger partial charge is 0.364 e. The van der Waals surface area contributed by atoms with Gasteiger partial charge in [-0.2, -0.15) is 0 Å². The van der Waals surface area contributed by atoms with Crippen molar-refractivity contribution < 1.29 is 0 Å². The lowest BCUT2D eigenvalue weighted by atomic mass is 10.0. The Morgan fingerprint density at radius 3 is 2.42 bits per heavy atom. The van der Waals surface area contributed by atoms with E-state index in [0.717, 1.165) is 23.5 Å². The van der Waals surface area contributed by atoms with Crippen molar-refractivity contribution in [2.75, 3.05) is 11.9 Å². The van der Waals surface area contributed by atoms with Gasteiger partial charge in [0.25, 0.3) is 0 Å². The van der Waals surface area contributed by atoms with Crippen LogP contribution in [0.2, 0.25) is 0 Å². The summed E-state index contributed by atoms with van der Waals surface area (Å²) in [6, 6.07) is 7.70. The molecule has 0 aliphatic heterocycles. The first-order chi connectivity index (χ1) is 9.11. The van der Waals surface area contributed by atoms with Crippen molar-refractivity contribution in [3.05, 3.63) is 36.7 Å². The summed E-state index contributed by atoms with van der Waals surface area (Å²) in [4.78, 5) is 3.99. The van der Waals surface area contributed by atoms with E-state index >= 15 is 0 Å². The van der Waals surface area contributed by atoms with Gasteiger partial charge in [0.1, 0.15) is 5.82 Å². The molecule has 2 aromatic rings. The van der Waals surface area contributed by atoms with Crippen LogP contribution in [-0.4, -0.2) is 27.3 Å². The van der Waals surface area contributed by atoms with Crippen LogP contribution in [0.1, 0.15) is 20.3 Å². The standard InChI is InChI=1S/C14H19N5/c1-14(2,7-8-15)17-13-4-3-12(18-19-13)11-5-9-16-10-6-11/h3-6,9-10H,7-8,15H2,1-2H3,(H,17,19). The minimum Gasteiger partial charge on any atom is -0.364 e. The van der Waals surface area contributed by atoms with E-state index in [1.54, 1.807) is 12.4 Å². The van der Waals surface area contributed by atoms with E-state index in [2.05, 4.69) is 34.3 Å². The first kappa shape index (κ1) is 13.4. The molecule has 0 aromatic carbocycles. The molecule has 0 spiro atoms. The van der Waals surface area contributed by atoms with Gasteiger partial charge in [0.15, 0.2) is 0 Å². The number of aromatic nitrogens is 3. The molecule has 2 heterocycles. The summed E-state index contributed by atoms with van der Waals surface area (Å²) >= 11 is 0. The van der Waals surface area contributed by atoms with Gasteiger partial charge in [0.05, 0.1) is 5.69 Å². The number of hydrogen-bond donors (Lipinski definition) is 2. The molecule has 0 radical (unpaired) electrons. The Bertz CT molecular complexity index is 507. The summed E-state index contributed by atoms with van der Waals surface area (Å²) in [6.07, 6.45) is 4.36. The van der Waals surface area contributed by atoms with Gasteiger partial charge in [-0.1, -0.05) is 0 Å². The third-order valence-electron chi connectivity index (χ3n) is 2.88. The Hall–Kier alpha value is -2.01. The number of anilines is 1. The number of hydrogen-bond acceptors (Lipinski definition) is 5. The van der Waals surface area contributed by atoms with E-state index in [4.69, 9.17) is 5.73 Å². The minimum atomic E-state index is -0.0817. The summed E-state index contributed by atoms with van der Waals surface area (Å²) in [6.45, 7) is 4.83. The van der Waals surface area contributed by atoms with E-state index < -0.39 is 0 Å². The van der Waals surface area contributed by atoms with Crippen molar-refractivity contribution in [2.45, 2.75) is 25.8 Å². The molecule has 2 rings (SSSR count). The number of nitrogens with zero attached hydrogens (tertiary/aromatic N) is 3. The first-order valence-electron chi connectivity index (χ1n) is 6.33. The monoisotopic (exact) mass is 257 g/mol. The lowest BCUT2D eigenvalue weighted by Gasteiger charge is -2.25. The lowest BCUT2D eigenvalue weighted by Crippen LogP contribution is -2.33. The number of pyridine rings is 1. The molecule has 0 amide bonds. The summed E-state index contributed by atoms with van der Waals surface area (Å²) in [7, 11) is 0. The van der Waals surface area contributed by atoms with Crippen LogP contribution in [0, 0.1) is 0 Å². The zero-order chi connectivity index (χ0) is 13.7. The van der Waals surface area contributed by atoms with Gasteiger partial charge in [-0.3, -0.25) is 4.98 Å². The molecule has 100 valence electrons. The van der Waals surface area contributed by atoms with Gasteiger partial charge in [0.2, 0.25) is 0 Å².